The zero-order valence-corrected chi connectivity index (χ0v) is 18.8. The number of fused-ring (bicyclic) bond motifs is 5. The maximum atomic E-state index is 15.4. The Morgan fingerprint density at radius 3 is 2.66 bits per heavy atom. The first-order valence-electron chi connectivity index (χ1n) is 10.9. The van der Waals surface area contributed by atoms with Crippen LogP contribution in [0.3, 0.4) is 0 Å². The van der Waals surface area contributed by atoms with Crippen LogP contribution < -0.4 is 10.3 Å². The molecule has 4 heterocycles. The van der Waals surface area contributed by atoms with Crippen molar-refractivity contribution in [2.45, 2.75) is 44.4 Å². The van der Waals surface area contributed by atoms with E-state index in [1.54, 1.807) is 6.92 Å². The quantitative estimate of drug-likeness (QED) is 0.414. The van der Waals surface area contributed by atoms with Crippen molar-refractivity contribution >= 4 is 16.9 Å². The second kappa shape index (κ2) is 7.79. The standard InChI is InChI=1S/C24H21F3N2O6/c1-3-23(33)14-7-17-20-12(9-29(17)21(31)13(14)10-35-22(23)32)19(24(26,27)4-5-30)11-6-18(34-2)15(25)8-16(11)28-20/h6-8,30,33H,3-5,9-10H2,1-2H3/t23-/m0/s1. The number of cyclic esters (lactones) is 1. The van der Waals surface area contributed by atoms with E-state index in [1.807, 2.05) is 0 Å². The Kier molecular flexibility index (Phi) is 5.19. The molecule has 0 amide bonds. The van der Waals surface area contributed by atoms with E-state index in [1.165, 1.54) is 17.7 Å². The maximum absolute atomic E-state index is 15.4. The smallest absolute Gasteiger partial charge is 0.343 e. The molecule has 5 rings (SSSR count). The van der Waals surface area contributed by atoms with Crippen molar-refractivity contribution in [1.29, 1.82) is 0 Å². The molecule has 2 N–H and O–H groups in total. The monoisotopic (exact) mass is 490 g/mol. The number of alkyl halides is 2. The Labute approximate surface area is 196 Å². The molecule has 0 saturated carbocycles. The summed E-state index contributed by atoms with van der Waals surface area (Å²) in [6, 6.07) is 3.47. The molecule has 0 radical (unpaired) electrons. The van der Waals surface area contributed by atoms with E-state index >= 15 is 8.78 Å². The molecule has 184 valence electrons. The second-order valence-electron chi connectivity index (χ2n) is 8.60. The van der Waals surface area contributed by atoms with Gasteiger partial charge in [-0.25, -0.2) is 22.9 Å². The van der Waals surface area contributed by atoms with E-state index in [-0.39, 0.29) is 64.3 Å². The molecule has 3 aromatic rings. The number of methoxy groups -OCH3 is 1. The summed E-state index contributed by atoms with van der Waals surface area (Å²) >= 11 is 0. The fourth-order valence-corrected chi connectivity index (χ4v) is 4.92. The highest BCUT2D eigenvalue weighted by Crippen LogP contribution is 2.46. The molecule has 2 aliphatic rings. The molecule has 0 spiro atoms. The SMILES string of the molecule is CC[C@@]1(O)C(=O)OCc2c1cc1n(c2=O)Cc2c-1nc1cc(F)c(OC)cc1c2C(F)(F)CCO. The molecule has 0 fully saturated rings. The van der Waals surface area contributed by atoms with Gasteiger partial charge in [0.05, 0.1) is 36.1 Å². The number of esters is 1. The fraction of sp³-hybridized carbons (Fsp3) is 0.375. The highest BCUT2D eigenvalue weighted by Gasteiger charge is 2.46. The number of benzene rings is 1. The summed E-state index contributed by atoms with van der Waals surface area (Å²) in [5, 5.41) is 20.2. The van der Waals surface area contributed by atoms with Crippen LogP contribution in [-0.2, 0) is 34.2 Å². The van der Waals surface area contributed by atoms with Crippen LogP contribution in [0.25, 0.3) is 22.3 Å². The fourth-order valence-electron chi connectivity index (χ4n) is 4.92. The third kappa shape index (κ3) is 3.18. The van der Waals surface area contributed by atoms with Gasteiger partial charge in [-0.2, -0.15) is 0 Å². The van der Waals surface area contributed by atoms with E-state index in [9.17, 15) is 24.2 Å². The topological polar surface area (TPSA) is 111 Å². The first-order valence-corrected chi connectivity index (χ1v) is 10.9. The minimum absolute atomic E-state index is 0.00646. The molecule has 0 bridgehead atoms. The van der Waals surface area contributed by atoms with Gasteiger partial charge < -0.3 is 24.3 Å². The number of hydrogen-bond donors (Lipinski definition) is 2. The molecule has 2 aliphatic heterocycles. The molecular weight excluding hydrogens is 469 g/mol. The lowest BCUT2D eigenvalue weighted by Crippen LogP contribution is -2.44. The molecule has 8 nitrogen and oxygen atoms in total. The van der Waals surface area contributed by atoms with Gasteiger partial charge in [0.25, 0.3) is 11.5 Å². The first-order chi connectivity index (χ1) is 16.6. The molecule has 11 heteroatoms. The van der Waals surface area contributed by atoms with Crippen LogP contribution in [0.5, 0.6) is 5.75 Å². The number of aliphatic hydroxyl groups excluding tert-OH is 1. The zero-order valence-electron chi connectivity index (χ0n) is 18.8. The Morgan fingerprint density at radius 1 is 1.26 bits per heavy atom. The van der Waals surface area contributed by atoms with Gasteiger partial charge in [0, 0.05) is 41.2 Å². The molecule has 0 aliphatic carbocycles. The summed E-state index contributed by atoms with van der Waals surface area (Å²) in [5.41, 5.74) is -3.06. The molecular formula is C24H21F3N2O6. The molecule has 0 unspecified atom stereocenters. The van der Waals surface area contributed by atoms with Crippen molar-refractivity contribution in [2.24, 2.45) is 0 Å². The highest BCUT2D eigenvalue weighted by atomic mass is 19.3. The number of nitrogens with zero attached hydrogens (tertiary/aromatic N) is 2. The summed E-state index contributed by atoms with van der Waals surface area (Å²) < 4.78 is 56.5. The lowest BCUT2D eigenvalue weighted by molar-refractivity contribution is -0.172. The van der Waals surface area contributed by atoms with Crippen LogP contribution in [0.4, 0.5) is 13.2 Å². The normalized spacial score (nSPS) is 18.8. The van der Waals surface area contributed by atoms with Crippen LogP contribution in [0.2, 0.25) is 0 Å². The molecule has 1 aromatic carbocycles. The van der Waals surface area contributed by atoms with Gasteiger partial charge in [0.1, 0.15) is 6.61 Å². The first kappa shape index (κ1) is 23.3. The van der Waals surface area contributed by atoms with Gasteiger partial charge in [0.2, 0.25) is 0 Å². The summed E-state index contributed by atoms with van der Waals surface area (Å²) in [6.07, 6.45) is -0.984. The number of aliphatic hydroxyl groups is 2. The second-order valence-corrected chi connectivity index (χ2v) is 8.60. The van der Waals surface area contributed by atoms with Crippen molar-refractivity contribution < 1.29 is 37.7 Å². The van der Waals surface area contributed by atoms with Gasteiger partial charge in [-0.3, -0.25) is 4.79 Å². The van der Waals surface area contributed by atoms with Gasteiger partial charge in [-0.1, -0.05) is 6.92 Å². The third-order valence-corrected chi connectivity index (χ3v) is 6.75. The number of ether oxygens (including phenoxy) is 2. The predicted octanol–water partition coefficient (Wildman–Crippen LogP) is 2.70. The largest absolute Gasteiger partial charge is 0.494 e. The molecule has 35 heavy (non-hydrogen) atoms. The average Bonchev–Trinajstić information content (AvgIpc) is 3.18. The summed E-state index contributed by atoms with van der Waals surface area (Å²) in [7, 11) is 1.20. The molecule has 0 saturated heterocycles. The van der Waals surface area contributed by atoms with Crippen LogP contribution in [0.15, 0.2) is 23.0 Å². The van der Waals surface area contributed by atoms with Gasteiger partial charge in [0.15, 0.2) is 17.2 Å². The Morgan fingerprint density at radius 2 is 2.00 bits per heavy atom. The minimum Gasteiger partial charge on any atom is -0.494 e. The lowest BCUT2D eigenvalue weighted by Gasteiger charge is -2.31. The van der Waals surface area contributed by atoms with Crippen LogP contribution in [0, 0.1) is 5.82 Å². The summed E-state index contributed by atoms with van der Waals surface area (Å²) in [6.45, 7) is 0.101. The van der Waals surface area contributed by atoms with Gasteiger partial charge in [-0.05, 0) is 18.6 Å². The van der Waals surface area contributed by atoms with Crippen molar-refractivity contribution in [2.75, 3.05) is 13.7 Å². The number of rotatable bonds is 5. The molecule has 1 atom stereocenters. The van der Waals surface area contributed by atoms with Crippen molar-refractivity contribution in [3.8, 4) is 17.1 Å². The number of halogens is 3. The predicted molar refractivity (Wildman–Crippen MR) is 117 cm³/mol. The minimum atomic E-state index is -3.54. The van der Waals surface area contributed by atoms with Gasteiger partial charge in [-0.15, -0.1) is 0 Å². The van der Waals surface area contributed by atoms with E-state index in [4.69, 9.17) is 9.47 Å². The van der Waals surface area contributed by atoms with E-state index < -0.39 is 47.5 Å². The third-order valence-electron chi connectivity index (χ3n) is 6.75. The summed E-state index contributed by atoms with van der Waals surface area (Å²) in [5.74, 6) is -5.53. The van der Waals surface area contributed by atoms with Crippen molar-refractivity contribution in [3.05, 3.63) is 56.6 Å². The van der Waals surface area contributed by atoms with E-state index in [0.29, 0.717) is 0 Å². The number of aromatic nitrogens is 2. The lowest BCUT2D eigenvalue weighted by atomic mass is 9.86. The van der Waals surface area contributed by atoms with Crippen LogP contribution >= 0.6 is 0 Å². The number of carbonyl (C=O) groups excluding carboxylic acids is 1. The summed E-state index contributed by atoms with van der Waals surface area (Å²) in [4.78, 5) is 30.1. The Balaban J connectivity index is 1.87. The number of hydrogen-bond acceptors (Lipinski definition) is 7. The highest BCUT2D eigenvalue weighted by molar-refractivity contribution is 5.90. The zero-order chi connectivity index (χ0) is 25.3. The van der Waals surface area contributed by atoms with Crippen LogP contribution in [-0.4, -0.2) is 39.5 Å². The van der Waals surface area contributed by atoms with Crippen molar-refractivity contribution in [3.63, 3.8) is 0 Å². The number of carbonyl (C=O) groups is 1. The number of pyridine rings is 2. The van der Waals surface area contributed by atoms with Crippen LogP contribution in [0.1, 0.15) is 42.0 Å². The van der Waals surface area contributed by atoms with E-state index in [2.05, 4.69) is 4.98 Å². The Bertz CT molecular complexity index is 1470. The Hall–Kier alpha value is -3.44. The van der Waals surface area contributed by atoms with Gasteiger partial charge >= 0.3 is 5.97 Å². The van der Waals surface area contributed by atoms with E-state index in [0.717, 1.165) is 12.1 Å². The maximum Gasteiger partial charge on any atom is 0.343 e. The average molecular weight is 490 g/mol. The van der Waals surface area contributed by atoms with Crippen molar-refractivity contribution in [1.82, 2.24) is 9.55 Å². The molecule has 2 aromatic heterocycles.